The third kappa shape index (κ3) is 4.33. The van der Waals surface area contributed by atoms with Gasteiger partial charge in [0.1, 0.15) is 0 Å². The first-order chi connectivity index (χ1) is 12.1. The quantitative estimate of drug-likeness (QED) is 0.754. The highest BCUT2D eigenvalue weighted by Gasteiger charge is 2.16. The van der Waals surface area contributed by atoms with Gasteiger partial charge in [0.05, 0.1) is 11.7 Å². The zero-order valence-corrected chi connectivity index (χ0v) is 14.5. The van der Waals surface area contributed by atoms with Crippen molar-refractivity contribution in [2.75, 3.05) is 20.6 Å². The molecule has 1 unspecified atom stereocenters. The van der Waals surface area contributed by atoms with Gasteiger partial charge in [-0.3, -0.25) is 4.79 Å². The van der Waals surface area contributed by atoms with Crippen LogP contribution in [0.15, 0.2) is 73.1 Å². The van der Waals surface area contributed by atoms with Crippen molar-refractivity contribution < 1.29 is 4.79 Å². The number of benzene rings is 2. The molecule has 5 heteroatoms. The molecule has 0 radical (unpaired) electrons. The lowest BCUT2D eigenvalue weighted by Crippen LogP contribution is -2.35. The molecule has 0 bridgehead atoms. The second kappa shape index (κ2) is 7.77. The Morgan fingerprint density at radius 3 is 2.40 bits per heavy atom. The number of carbonyl (C=O) groups is 1. The second-order valence-electron chi connectivity index (χ2n) is 6.20. The highest BCUT2D eigenvalue weighted by molar-refractivity contribution is 5.94. The fourth-order valence-electron chi connectivity index (χ4n) is 2.71. The monoisotopic (exact) mass is 334 g/mol. The summed E-state index contributed by atoms with van der Waals surface area (Å²) in [5.74, 6) is -0.0808. The Hall–Kier alpha value is -2.92. The normalized spacial score (nSPS) is 12.1. The molecule has 0 saturated heterocycles. The number of amides is 1. The predicted octanol–water partition coefficient (Wildman–Crippen LogP) is 2.91. The fraction of sp³-hybridized carbons (Fsp3) is 0.200. The number of nitrogens with zero attached hydrogens (tertiary/aromatic N) is 3. The average Bonchev–Trinajstić information content (AvgIpc) is 3.16. The van der Waals surface area contributed by atoms with Crippen molar-refractivity contribution in [1.82, 2.24) is 20.0 Å². The first-order valence-electron chi connectivity index (χ1n) is 8.24. The van der Waals surface area contributed by atoms with E-state index in [1.165, 1.54) is 0 Å². The summed E-state index contributed by atoms with van der Waals surface area (Å²) in [5, 5.41) is 7.32. The van der Waals surface area contributed by atoms with Crippen molar-refractivity contribution in [3.63, 3.8) is 0 Å². The summed E-state index contributed by atoms with van der Waals surface area (Å²) in [4.78, 5) is 14.7. The minimum atomic E-state index is -0.0808. The van der Waals surface area contributed by atoms with Crippen LogP contribution < -0.4 is 5.32 Å². The summed E-state index contributed by atoms with van der Waals surface area (Å²) in [6.07, 6.45) is 3.60. The van der Waals surface area contributed by atoms with Gasteiger partial charge in [0.2, 0.25) is 0 Å². The van der Waals surface area contributed by atoms with Crippen LogP contribution in [0.1, 0.15) is 22.0 Å². The molecule has 0 aliphatic carbocycles. The smallest absolute Gasteiger partial charge is 0.251 e. The molecule has 1 aromatic heterocycles. The van der Waals surface area contributed by atoms with Gasteiger partial charge in [-0.05, 0) is 50.0 Å². The van der Waals surface area contributed by atoms with Crippen LogP contribution in [0.25, 0.3) is 5.69 Å². The zero-order chi connectivity index (χ0) is 17.6. The van der Waals surface area contributed by atoms with E-state index in [-0.39, 0.29) is 11.9 Å². The molecule has 0 saturated carbocycles. The van der Waals surface area contributed by atoms with Crippen molar-refractivity contribution in [3.8, 4) is 5.69 Å². The largest absolute Gasteiger partial charge is 0.344 e. The Bertz CT molecular complexity index is 795. The Morgan fingerprint density at radius 2 is 1.80 bits per heavy atom. The van der Waals surface area contributed by atoms with E-state index in [0.717, 1.165) is 17.8 Å². The molecule has 3 aromatic rings. The Labute approximate surface area is 147 Å². The third-order valence-corrected chi connectivity index (χ3v) is 3.95. The van der Waals surface area contributed by atoms with Gasteiger partial charge in [-0.1, -0.05) is 30.3 Å². The Balaban J connectivity index is 1.74. The molecule has 128 valence electrons. The molecule has 2 aromatic carbocycles. The summed E-state index contributed by atoms with van der Waals surface area (Å²) in [6, 6.07) is 19.3. The molecule has 1 N–H and O–H groups in total. The summed E-state index contributed by atoms with van der Waals surface area (Å²) < 4.78 is 1.76. The first-order valence-corrected chi connectivity index (χ1v) is 8.24. The maximum absolute atomic E-state index is 12.7. The minimum Gasteiger partial charge on any atom is -0.344 e. The highest BCUT2D eigenvalue weighted by atomic mass is 16.1. The molecule has 25 heavy (non-hydrogen) atoms. The van der Waals surface area contributed by atoms with E-state index in [2.05, 4.69) is 15.3 Å². The van der Waals surface area contributed by atoms with Gasteiger partial charge in [-0.2, -0.15) is 5.10 Å². The van der Waals surface area contributed by atoms with Crippen molar-refractivity contribution in [3.05, 3.63) is 84.2 Å². The lowest BCUT2D eigenvalue weighted by molar-refractivity contribution is 0.0930. The van der Waals surface area contributed by atoms with E-state index in [0.29, 0.717) is 5.56 Å². The van der Waals surface area contributed by atoms with Crippen LogP contribution in [0.5, 0.6) is 0 Å². The van der Waals surface area contributed by atoms with E-state index in [1.807, 2.05) is 81.0 Å². The van der Waals surface area contributed by atoms with E-state index in [1.54, 1.807) is 10.9 Å². The minimum absolute atomic E-state index is 0.0607. The highest BCUT2D eigenvalue weighted by Crippen LogP contribution is 2.15. The van der Waals surface area contributed by atoms with E-state index < -0.39 is 0 Å². The molecule has 3 rings (SSSR count). The van der Waals surface area contributed by atoms with E-state index in [4.69, 9.17) is 0 Å². The van der Waals surface area contributed by atoms with E-state index >= 15 is 0 Å². The van der Waals surface area contributed by atoms with Crippen molar-refractivity contribution in [2.45, 2.75) is 6.04 Å². The molecule has 1 amide bonds. The van der Waals surface area contributed by atoms with Gasteiger partial charge in [0, 0.05) is 24.5 Å². The van der Waals surface area contributed by atoms with Gasteiger partial charge in [0.15, 0.2) is 0 Å². The first kappa shape index (κ1) is 16.9. The Morgan fingerprint density at radius 1 is 1.08 bits per heavy atom. The number of rotatable bonds is 6. The molecular weight excluding hydrogens is 312 g/mol. The maximum Gasteiger partial charge on any atom is 0.251 e. The van der Waals surface area contributed by atoms with Gasteiger partial charge in [-0.25, -0.2) is 4.68 Å². The van der Waals surface area contributed by atoms with Crippen LogP contribution in [0.2, 0.25) is 0 Å². The lowest BCUT2D eigenvalue weighted by atomic mass is 10.1. The van der Waals surface area contributed by atoms with Crippen LogP contribution >= 0.6 is 0 Å². The maximum atomic E-state index is 12.7. The molecule has 1 atom stereocenters. The predicted molar refractivity (Wildman–Crippen MR) is 98.8 cm³/mol. The van der Waals surface area contributed by atoms with Gasteiger partial charge >= 0.3 is 0 Å². The molecule has 0 spiro atoms. The lowest BCUT2D eigenvalue weighted by Gasteiger charge is -2.23. The molecule has 0 aliphatic rings. The molecule has 5 nitrogen and oxygen atoms in total. The number of aromatic nitrogens is 2. The summed E-state index contributed by atoms with van der Waals surface area (Å²) in [7, 11) is 4.00. The second-order valence-corrected chi connectivity index (χ2v) is 6.20. The summed E-state index contributed by atoms with van der Waals surface area (Å²) >= 11 is 0. The van der Waals surface area contributed by atoms with Gasteiger partial charge in [0.25, 0.3) is 5.91 Å². The molecular formula is C20H22N4O. The Kier molecular flexibility index (Phi) is 5.26. The topological polar surface area (TPSA) is 50.2 Å². The number of nitrogens with one attached hydrogen (secondary N) is 1. The van der Waals surface area contributed by atoms with Gasteiger partial charge in [-0.15, -0.1) is 0 Å². The summed E-state index contributed by atoms with van der Waals surface area (Å²) in [6.45, 7) is 0.737. The number of likely N-dealkylation sites (N-methyl/N-ethyl adjacent to an activating group) is 1. The zero-order valence-electron chi connectivity index (χ0n) is 14.5. The molecule has 1 heterocycles. The van der Waals surface area contributed by atoms with Crippen LogP contribution in [0.4, 0.5) is 0 Å². The van der Waals surface area contributed by atoms with Crippen LogP contribution in [-0.2, 0) is 0 Å². The van der Waals surface area contributed by atoms with Crippen molar-refractivity contribution >= 4 is 5.91 Å². The SMILES string of the molecule is CN(C)CC(NC(=O)c1ccc(-n2cccn2)cc1)c1ccccc1. The number of hydrogen-bond acceptors (Lipinski definition) is 3. The van der Waals surface area contributed by atoms with Crippen LogP contribution in [0, 0.1) is 0 Å². The molecule has 0 aliphatic heterocycles. The van der Waals surface area contributed by atoms with E-state index in [9.17, 15) is 4.79 Å². The summed E-state index contributed by atoms with van der Waals surface area (Å²) in [5.41, 5.74) is 2.66. The standard InChI is InChI=1S/C20H22N4O/c1-23(2)15-19(16-7-4-3-5-8-16)22-20(25)17-9-11-18(12-10-17)24-14-6-13-21-24/h3-14,19H,15H2,1-2H3,(H,22,25). The molecule has 0 fully saturated rings. The van der Waals surface area contributed by atoms with Crippen LogP contribution in [0.3, 0.4) is 0 Å². The van der Waals surface area contributed by atoms with Gasteiger partial charge < -0.3 is 10.2 Å². The third-order valence-electron chi connectivity index (χ3n) is 3.95. The van der Waals surface area contributed by atoms with Crippen molar-refractivity contribution in [2.24, 2.45) is 0 Å². The number of hydrogen-bond donors (Lipinski definition) is 1. The fourth-order valence-corrected chi connectivity index (χ4v) is 2.71. The van der Waals surface area contributed by atoms with Crippen LogP contribution in [-0.4, -0.2) is 41.2 Å². The van der Waals surface area contributed by atoms with Crippen molar-refractivity contribution in [1.29, 1.82) is 0 Å². The average molecular weight is 334 g/mol. The number of carbonyl (C=O) groups excluding carboxylic acids is 1.